The molecule has 6 atom stereocenters. The van der Waals surface area contributed by atoms with Crippen LogP contribution >= 0.6 is 0 Å². The molecule has 1 fully saturated rings. The molecule has 1 heterocycles. The second kappa shape index (κ2) is 10.5. The van der Waals surface area contributed by atoms with Gasteiger partial charge in [0.15, 0.2) is 6.29 Å². The second-order valence-electron chi connectivity index (χ2n) is 6.39. The van der Waals surface area contributed by atoms with Gasteiger partial charge in [-0.3, -0.25) is 4.79 Å². The van der Waals surface area contributed by atoms with E-state index in [-0.39, 0.29) is 6.61 Å². The van der Waals surface area contributed by atoms with E-state index in [0.29, 0.717) is 0 Å². The molecular formula is C18H25NO9. The first-order chi connectivity index (χ1) is 13.3. The predicted octanol–water partition coefficient (Wildman–Crippen LogP) is -1.95. The summed E-state index contributed by atoms with van der Waals surface area (Å²) in [4.78, 5) is 23.9. The van der Waals surface area contributed by atoms with E-state index in [1.165, 1.54) is 6.92 Å². The molecule has 10 nitrogen and oxygen atoms in total. The third-order valence-electron chi connectivity index (χ3n) is 4.20. The van der Waals surface area contributed by atoms with Crippen LogP contribution in [0, 0.1) is 0 Å². The van der Waals surface area contributed by atoms with Gasteiger partial charge in [-0.1, -0.05) is 30.3 Å². The summed E-state index contributed by atoms with van der Waals surface area (Å²) in [6, 6.07) is 8.10. The molecule has 1 aliphatic rings. The zero-order chi connectivity index (χ0) is 20.7. The molecule has 1 aliphatic heterocycles. The van der Waals surface area contributed by atoms with Crippen LogP contribution in [0.1, 0.15) is 12.5 Å². The summed E-state index contributed by atoms with van der Waals surface area (Å²) in [7, 11) is 0. The highest BCUT2D eigenvalue weighted by atomic mass is 16.6. The van der Waals surface area contributed by atoms with Crippen LogP contribution < -0.4 is 5.32 Å². The molecule has 0 aliphatic carbocycles. The van der Waals surface area contributed by atoms with Crippen LogP contribution in [-0.4, -0.2) is 82.3 Å². The number of aliphatic hydroxyl groups excluding tert-OH is 4. The fraction of sp³-hybridized carbons (Fsp3) is 0.556. The fourth-order valence-electron chi connectivity index (χ4n) is 2.63. The topological polar surface area (TPSA) is 155 Å². The number of hydrogen-bond acceptors (Lipinski definition) is 9. The van der Waals surface area contributed by atoms with Crippen molar-refractivity contribution in [3.8, 4) is 0 Å². The molecule has 0 aromatic heterocycles. The zero-order valence-corrected chi connectivity index (χ0v) is 15.3. The van der Waals surface area contributed by atoms with Gasteiger partial charge in [-0.25, -0.2) is 4.79 Å². The standard InChI is InChI=1S/C18H25NO9/c1-10(17(24)27-8-11-5-3-2-4-6-11)19-13(21)9-26-16-14(22)12(7-20)28-18(25)15(16)23/h2-6,10,12,14-16,18,20,22-23,25H,7-9H2,1H3,(H,19,21)/t10-,12+,14+,15+,16-,18?/m0/s1. The van der Waals surface area contributed by atoms with E-state index in [1.54, 1.807) is 12.1 Å². The Morgan fingerprint density at radius 2 is 1.86 bits per heavy atom. The Labute approximate surface area is 161 Å². The maximum absolute atomic E-state index is 12.0. The lowest BCUT2D eigenvalue weighted by Gasteiger charge is -2.39. The van der Waals surface area contributed by atoms with Crippen LogP contribution in [0.25, 0.3) is 0 Å². The number of amides is 1. The summed E-state index contributed by atoms with van der Waals surface area (Å²) in [6.45, 7) is 0.299. The van der Waals surface area contributed by atoms with Gasteiger partial charge in [-0.05, 0) is 12.5 Å². The van der Waals surface area contributed by atoms with Gasteiger partial charge in [0, 0.05) is 0 Å². The minimum absolute atomic E-state index is 0.0667. The largest absolute Gasteiger partial charge is 0.459 e. The Hall–Kier alpha value is -2.08. The lowest BCUT2D eigenvalue weighted by Crippen LogP contribution is -2.60. The number of carbonyl (C=O) groups excluding carboxylic acids is 2. The molecule has 2 rings (SSSR count). The third-order valence-corrected chi connectivity index (χ3v) is 4.20. The van der Waals surface area contributed by atoms with Gasteiger partial charge >= 0.3 is 5.97 Å². The van der Waals surface area contributed by atoms with Crippen molar-refractivity contribution in [1.29, 1.82) is 0 Å². The van der Waals surface area contributed by atoms with Crippen LogP contribution in [0.3, 0.4) is 0 Å². The normalized spacial score (nSPS) is 28.4. The number of nitrogens with one attached hydrogen (secondary N) is 1. The summed E-state index contributed by atoms with van der Waals surface area (Å²) in [6.07, 6.45) is -7.27. The van der Waals surface area contributed by atoms with E-state index in [1.807, 2.05) is 18.2 Å². The van der Waals surface area contributed by atoms with Crippen LogP contribution in [-0.2, 0) is 30.4 Å². The van der Waals surface area contributed by atoms with Crippen molar-refractivity contribution in [3.63, 3.8) is 0 Å². The Balaban J connectivity index is 1.78. The first-order valence-electron chi connectivity index (χ1n) is 8.75. The maximum Gasteiger partial charge on any atom is 0.328 e. The molecule has 1 aromatic rings. The van der Waals surface area contributed by atoms with Crippen molar-refractivity contribution in [3.05, 3.63) is 35.9 Å². The molecule has 5 N–H and O–H groups in total. The Bertz CT molecular complexity index is 641. The number of carbonyl (C=O) groups is 2. The molecule has 0 radical (unpaired) electrons. The van der Waals surface area contributed by atoms with E-state index in [4.69, 9.17) is 19.3 Å². The zero-order valence-electron chi connectivity index (χ0n) is 15.3. The van der Waals surface area contributed by atoms with Crippen molar-refractivity contribution in [1.82, 2.24) is 5.32 Å². The fourth-order valence-corrected chi connectivity index (χ4v) is 2.63. The quantitative estimate of drug-likeness (QED) is 0.314. The molecule has 0 bridgehead atoms. The predicted molar refractivity (Wildman–Crippen MR) is 93.6 cm³/mol. The van der Waals surface area contributed by atoms with Crippen LogP contribution in [0.15, 0.2) is 30.3 Å². The average Bonchev–Trinajstić information content (AvgIpc) is 2.69. The lowest BCUT2D eigenvalue weighted by molar-refractivity contribution is -0.293. The highest BCUT2D eigenvalue weighted by Gasteiger charge is 2.44. The van der Waals surface area contributed by atoms with E-state index in [2.05, 4.69) is 5.32 Å². The summed E-state index contributed by atoms with van der Waals surface area (Å²) in [5.41, 5.74) is 0.803. The van der Waals surface area contributed by atoms with Gasteiger partial charge in [0.1, 0.15) is 43.7 Å². The number of ether oxygens (including phenoxy) is 3. The van der Waals surface area contributed by atoms with Gasteiger partial charge in [0.25, 0.3) is 0 Å². The minimum Gasteiger partial charge on any atom is -0.459 e. The summed E-state index contributed by atoms with van der Waals surface area (Å²) in [5.74, 6) is -1.33. The van der Waals surface area contributed by atoms with Crippen molar-refractivity contribution in [2.75, 3.05) is 13.2 Å². The van der Waals surface area contributed by atoms with Crippen molar-refractivity contribution in [2.45, 2.75) is 50.3 Å². The Morgan fingerprint density at radius 1 is 1.18 bits per heavy atom. The molecule has 1 saturated heterocycles. The SMILES string of the molecule is C[C@H](NC(=O)CO[C@H]1[C@H](O)[C@@H](CO)OC(O)[C@@H]1O)C(=O)OCc1ccccc1. The van der Waals surface area contributed by atoms with E-state index < -0.39 is 61.8 Å². The highest BCUT2D eigenvalue weighted by molar-refractivity contribution is 5.84. The van der Waals surface area contributed by atoms with Gasteiger partial charge < -0.3 is 40.0 Å². The Morgan fingerprint density at radius 3 is 2.50 bits per heavy atom. The summed E-state index contributed by atoms with van der Waals surface area (Å²) >= 11 is 0. The molecule has 1 aromatic carbocycles. The van der Waals surface area contributed by atoms with Crippen LogP contribution in [0.2, 0.25) is 0 Å². The lowest BCUT2D eigenvalue weighted by atomic mass is 9.99. The smallest absolute Gasteiger partial charge is 0.328 e. The van der Waals surface area contributed by atoms with E-state index in [0.717, 1.165) is 5.56 Å². The monoisotopic (exact) mass is 399 g/mol. The molecule has 0 spiro atoms. The van der Waals surface area contributed by atoms with Gasteiger partial charge in [0.2, 0.25) is 5.91 Å². The number of rotatable bonds is 8. The van der Waals surface area contributed by atoms with Crippen molar-refractivity contribution in [2.24, 2.45) is 0 Å². The summed E-state index contributed by atoms with van der Waals surface area (Å²) in [5, 5.41) is 40.9. The molecule has 1 unspecified atom stereocenters. The molecule has 1 amide bonds. The molecular weight excluding hydrogens is 374 g/mol. The highest BCUT2D eigenvalue weighted by Crippen LogP contribution is 2.22. The molecule has 10 heteroatoms. The van der Waals surface area contributed by atoms with Crippen molar-refractivity contribution >= 4 is 11.9 Å². The number of benzene rings is 1. The average molecular weight is 399 g/mol. The van der Waals surface area contributed by atoms with Crippen LogP contribution in [0.4, 0.5) is 0 Å². The van der Waals surface area contributed by atoms with Gasteiger partial charge in [0.05, 0.1) is 6.61 Å². The van der Waals surface area contributed by atoms with E-state index in [9.17, 15) is 24.9 Å². The summed E-state index contributed by atoms with van der Waals surface area (Å²) < 4.78 is 15.1. The van der Waals surface area contributed by atoms with E-state index >= 15 is 0 Å². The first kappa shape index (κ1) is 22.2. The van der Waals surface area contributed by atoms with Gasteiger partial charge in [-0.2, -0.15) is 0 Å². The first-order valence-corrected chi connectivity index (χ1v) is 8.75. The maximum atomic E-state index is 12.0. The number of aliphatic hydroxyl groups is 4. The van der Waals surface area contributed by atoms with Crippen LogP contribution in [0.5, 0.6) is 0 Å². The van der Waals surface area contributed by atoms with Gasteiger partial charge in [-0.15, -0.1) is 0 Å². The molecule has 156 valence electrons. The third kappa shape index (κ3) is 5.96. The number of hydrogen-bond donors (Lipinski definition) is 5. The number of esters is 1. The minimum atomic E-state index is -1.68. The second-order valence-corrected chi connectivity index (χ2v) is 6.39. The van der Waals surface area contributed by atoms with Crippen molar-refractivity contribution < 1.29 is 44.2 Å². The molecule has 28 heavy (non-hydrogen) atoms. The molecule has 0 saturated carbocycles. The Kier molecular flexibility index (Phi) is 8.30.